The zero-order valence-electron chi connectivity index (χ0n) is 22.5. The topological polar surface area (TPSA) is 3.24 Å². The largest absolute Gasteiger partial charge is 0.306 e. The van der Waals surface area contributed by atoms with Crippen LogP contribution < -0.4 is 0 Å². The van der Waals surface area contributed by atoms with Crippen LogP contribution in [-0.2, 0) is 0 Å². The Balaban J connectivity index is 3.43. The smallest absolute Gasteiger partial charge is 0.00891 e. The van der Waals surface area contributed by atoms with E-state index in [-0.39, 0.29) is 0 Å². The molecule has 32 heavy (non-hydrogen) atoms. The summed E-state index contributed by atoms with van der Waals surface area (Å²) >= 11 is 0. The van der Waals surface area contributed by atoms with E-state index in [2.05, 4.69) is 56.5 Å². The fourth-order valence-electron chi connectivity index (χ4n) is 4.55. The molecule has 0 heterocycles. The maximum Gasteiger partial charge on any atom is 0.00891 e. The van der Waals surface area contributed by atoms with Crippen molar-refractivity contribution in [2.75, 3.05) is 14.1 Å². The summed E-state index contributed by atoms with van der Waals surface area (Å²) in [6.07, 6.45) is 37.3. The zero-order valence-corrected chi connectivity index (χ0v) is 22.5. The molecule has 1 atom stereocenters. The Labute approximate surface area is 203 Å². The van der Waals surface area contributed by atoms with Gasteiger partial charge in [-0.05, 0) is 71.5 Å². The predicted molar refractivity (Wildman–Crippen MR) is 148 cm³/mol. The number of hydrogen-bond donors (Lipinski definition) is 0. The molecule has 0 amide bonds. The lowest BCUT2D eigenvalue weighted by atomic mass is 9.99. The highest BCUT2D eigenvalue weighted by Gasteiger charge is 2.10. The first-order valence-electron chi connectivity index (χ1n) is 14.4. The molecule has 0 aromatic heterocycles. The van der Waals surface area contributed by atoms with Crippen molar-refractivity contribution in [2.24, 2.45) is 0 Å². The van der Waals surface area contributed by atoms with Gasteiger partial charge in [-0.2, -0.15) is 0 Å². The molecular weight excluding hydrogens is 386 g/mol. The Hall–Kier alpha value is -0.780. The summed E-state index contributed by atoms with van der Waals surface area (Å²) in [5.41, 5.74) is 2.87. The van der Waals surface area contributed by atoms with Crippen LogP contribution >= 0.6 is 0 Å². The van der Waals surface area contributed by atoms with Crippen LogP contribution in [0.1, 0.15) is 148 Å². The summed E-state index contributed by atoms with van der Waals surface area (Å²) in [5, 5.41) is 0. The maximum absolute atomic E-state index is 3.63. The van der Waals surface area contributed by atoms with Crippen molar-refractivity contribution >= 4 is 0 Å². The lowest BCUT2D eigenvalue weighted by molar-refractivity contribution is 0.251. The van der Waals surface area contributed by atoms with Gasteiger partial charge in [0, 0.05) is 6.04 Å². The molecule has 0 fully saturated rings. The van der Waals surface area contributed by atoms with Gasteiger partial charge < -0.3 is 4.90 Å². The van der Waals surface area contributed by atoms with Crippen molar-refractivity contribution in [1.29, 1.82) is 0 Å². The quantitative estimate of drug-likeness (QED) is 0.0767. The number of rotatable bonds is 25. The highest BCUT2D eigenvalue weighted by atomic mass is 15.1. The van der Waals surface area contributed by atoms with E-state index in [9.17, 15) is 0 Å². The standard InChI is InChI=1S/C31H59N/c1-5-7-9-11-13-14-15-16-17-18-19-20-21-22-24-26-28-30-31(32(3)4)29-27-25-23-12-10-8-6-2/h8,16-17,31H,2,5,7,9-15,18-30H2,1,3-4H3. The SMILES string of the molecule is C=C=CCCCCCCC(CCCCCCCCCC=CCCCCCCCC)N(C)C. The summed E-state index contributed by atoms with van der Waals surface area (Å²) in [5.74, 6) is 0. The van der Waals surface area contributed by atoms with Gasteiger partial charge in [0.15, 0.2) is 0 Å². The number of nitrogens with zero attached hydrogens (tertiary/aromatic N) is 1. The Morgan fingerprint density at radius 1 is 0.594 bits per heavy atom. The van der Waals surface area contributed by atoms with Gasteiger partial charge in [-0.15, -0.1) is 5.73 Å². The molecule has 0 N–H and O–H groups in total. The third kappa shape index (κ3) is 23.9. The molecule has 188 valence electrons. The van der Waals surface area contributed by atoms with Crippen LogP contribution in [0.25, 0.3) is 0 Å². The Morgan fingerprint density at radius 3 is 1.44 bits per heavy atom. The van der Waals surface area contributed by atoms with E-state index >= 15 is 0 Å². The highest BCUT2D eigenvalue weighted by Crippen LogP contribution is 2.17. The number of allylic oxidation sites excluding steroid dienone is 3. The van der Waals surface area contributed by atoms with E-state index in [1.54, 1.807) is 0 Å². The molecule has 0 saturated carbocycles. The van der Waals surface area contributed by atoms with Crippen molar-refractivity contribution in [1.82, 2.24) is 4.90 Å². The average molecular weight is 446 g/mol. The minimum Gasteiger partial charge on any atom is -0.306 e. The summed E-state index contributed by atoms with van der Waals surface area (Å²) in [6, 6.07) is 0.784. The first kappa shape index (κ1) is 31.2. The molecular formula is C31H59N. The fraction of sp³-hybridized carbons (Fsp3) is 0.839. The van der Waals surface area contributed by atoms with Crippen LogP contribution in [0.15, 0.2) is 30.5 Å². The minimum absolute atomic E-state index is 0.784. The van der Waals surface area contributed by atoms with Gasteiger partial charge in [0.25, 0.3) is 0 Å². The molecule has 0 saturated heterocycles. The van der Waals surface area contributed by atoms with E-state index in [1.165, 1.54) is 135 Å². The van der Waals surface area contributed by atoms with Gasteiger partial charge in [-0.3, -0.25) is 0 Å². The first-order valence-corrected chi connectivity index (χ1v) is 14.4. The van der Waals surface area contributed by atoms with E-state index in [0.717, 1.165) is 12.5 Å². The monoisotopic (exact) mass is 445 g/mol. The van der Waals surface area contributed by atoms with E-state index in [1.807, 2.05) is 0 Å². The van der Waals surface area contributed by atoms with Crippen LogP contribution in [0.3, 0.4) is 0 Å². The Morgan fingerprint density at radius 2 is 1.00 bits per heavy atom. The van der Waals surface area contributed by atoms with Crippen molar-refractivity contribution in [3.8, 4) is 0 Å². The Kier molecular flexibility index (Phi) is 25.8. The second-order valence-electron chi connectivity index (χ2n) is 10.1. The van der Waals surface area contributed by atoms with Crippen LogP contribution in [0, 0.1) is 0 Å². The van der Waals surface area contributed by atoms with Gasteiger partial charge >= 0.3 is 0 Å². The fourth-order valence-corrected chi connectivity index (χ4v) is 4.55. The van der Waals surface area contributed by atoms with Crippen molar-refractivity contribution in [3.63, 3.8) is 0 Å². The summed E-state index contributed by atoms with van der Waals surface area (Å²) < 4.78 is 0. The minimum atomic E-state index is 0.784. The van der Waals surface area contributed by atoms with Crippen molar-refractivity contribution < 1.29 is 0 Å². The number of hydrogen-bond acceptors (Lipinski definition) is 1. The molecule has 1 nitrogen and oxygen atoms in total. The normalized spacial score (nSPS) is 12.5. The molecule has 0 radical (unpaired) electrons. The van der Waals surface area contributed by atoms with Crippen LogP contribution in [0.5, 0.6) is 0 Å². The second-order valence-corrected chi connectivity index (χ2v) is 10.1. The summed E-state index contributed by atoms with van der Waals surface area (Å²) in [7, 11) is 4.53. The lowest BCUT2D eigenvalue weighted by Crippen LogP contribution is -2.27. The molecule has 0 aliphatic rings. The molecule has 0 bridgehead atoms. The lowest BCUT2D eigenvalue weighted by Gasteiger charge is -2.24. The molecule has 0 rings (SSSR count). The van der Waals surface area contributed by atoms with Crippen LogP contribution in [0.2, 0.25) is 0 Å². The van der Waals surface area contributed by atoms with Crippen LogP contribution in [0.4, 0.5) is 0 Å². The van der Waals surface area contributed by atoms with Gasteiger partial charge in [0.1, 0.15) is 0 Å². The number of unbranched alkanes of at least 4 members (excludes halogenated alkanes) is 17. The van der Waals surface area contributed by atoms with Gasteiger partial charge in [0.2, 0.25) is 0 Å². The third-order valence-corrected chi connectivity index (χ3v) is 6.81. The van der Waals surface area contributed by atoms with Crippen LogP contribution in [-0.4, -0.2) is 25.0 Å². The van der Waals surface area contributed by atoms with Gasteiger partial charge in [-0.1, -0.05) is 116 Å². The summed E-state index contributed by atoms with van der Waals surface area (Å²) in [4.78, 5) is 2.46. The van der Waals surface area contributed by atoms with Crippen molar-refractivity contribution in [3.05, 3.63) is 30.5 Å². The first-order chi connectivity index (χ1) is 15.7. The predicted octanol–water partition coefficient (Wildman–Crippen LogP) is 10.4. The molecule has 0 spiro atoms. The maximum atomic E-state index is 3.63. The van der Waals surface area contributed by atoms with Gasteiger partial charge in [0.05, 0.1) is 0 Å². The Bertz CT molecular complexity index is 430. The third-order valence-electron chi connectivity index (χ3n) is 6.81. The van der Waals surface area contributed by atoms with E-state index in [4.69, 9.17) is 0 Å². The highest BCUT2D eigenvalue weighted by molar-refractivity contribution is 4.81. The molecule has 0 aromatic rings. The zero-order chi connectivity index (χ0) is 23.5. The van der Waals surface area contributed by atoms with E-state index in [0.29, 0.717) is 0 Å². The molecule has 1 heteroatoms. The molecule has 1 unspecified atom stereocenters. The molecule has 0 aliphatic carbocycles. The van der Waals surface area contributed by atoms with E-state index < -0.39 is 0 Å². The second kappa shape index (κ2) is 26.5. The molecule has 0 aromatic carbocycles. The van der Waals surface area contributed by atoms with Gasteiger partial charge in [-0.25, -0.2) is 0 Å². The average Bonchev–Trinajstić information content (AvgIpc) is 2.78. The van der Waals surface area contributed by atoms with Crippen molar-refractivity contribution in [2.45, 2.75) is 154 Å². The summed E-state index contributed by atoms with van der Waals surface area (Å²) in [6.45, 7) is 5.92. The molecule has 0 aliphatic heterocycles.